The van der Waals surface area contributed by atoms with Crippen LogP contribution in [0.2, 0.25) is 0 Å². The molecule has 0 amide bonds. The Bertz CT molecular complexity index is 171. The van der Waals surface area contributed by atoms with Crippen LogP contribution in [0.3, 0.4) is 0 Å². The van der Waals surface area contributed by atoms with Gasteiger partial charge in [0.15, 0.2) is 0 Å². The lowest BCUT2D eigenvalue weighted by molar-refractivity contribution is 0.105. The van der Waals surface area contributed by atoms with Gasteiger partial charge in [-0.2, -0.15) is 0 Å². The summed E-state index contributed by atoms with van der Waals surface area (Å²) in [4.78, 5) is 2.66. The maximum absolute atomic E-state index is 3.69. The third-order valence-corrected chi connectivity index (χ3v) is 3.82. The van der Waals surface area contributed by atoms with Gasteiger partial charge < -0.3 is 5.32 Å². The van der Waals surface area contributed by atoms with E-state index in [9.17, 15) is 0 Å². The van der Waals surface area contributed by atoms with Crippen molar-refractivity contribution in [3.63, 3.8) is 0 Å². The normalized spacial score (nSPS) is 20.8. The lowest BCUT2D eigenvalue weighted by atomic mass is 9.90. The van der Waals surface area contributed by atoms with Crippen molar-refractivity contribution >= 4 is 0 Å². The predicted molar refractivity (Wildman–Crippen MR) is 67.3 cm³/mol. The number of nitrogens with one attached hydrogen (secondary N) is 1. The first-order chi connectivity index (χ1) is 7.12. The van der Waals surface area contributed by atoms with Crippen molar-refractivity contribution in [2.75, 3.05) is 19.6 Å². The highest BCUT2D eigenvalue weighted by Crippen LogP contribution is 2.25. The van der Waals surface area contributed by atoms with E-state index in [1.54, 1.807) is 0 Å². The SMILES string of the molecule is CCCNC(CC)C(C)(C)N1CCCC1. The van der Waals surface area contributed by atoms with E-state index in [-0.39, 0.29) is 0 Å². The quantitative estimate of drug-likeness (QED) is 0.728. The minimum Gasteiger partial charge on any atom is -0.312 e. The Morgan fingerprint density at radius 3 is 2.27 bits per heavy atom. The average Bonchev–Trinajstić information content (AvgIpc) is 2.72. The topological polar surface area (TPSA) is 15.3 Å². The molecule has 1 unspecified atom stereocenters. The molecule has 0 aliphatic carbocycles. The third kappa shape index (κ3) is 3.18. The first-order valence-electron chi connectivity index (χ1n) is 6.61. The number of nitrogens with zero attached hydrogens (tertiary/aromatic N) is 1. The standard InChI is InChI=1S/C13H28N2/c1-5-9-14-12(6-2)13(3,4)15-10-7-8-11-15/h12,14H,5-11H2,1-4H3. The maximum Gasteiger partial charge on any atom is 0.0306 e. The van der Waals surface area contributed by atoms with E-state index in [0.717, 1.165) is 6.54 Å². The second-order valence-electron chi connectivity index (χ2n) is 5.26. The first kappa shape index (κ1) is 13.0. The molecule has 0 aromatic rings. The summed E-state index contributed by atoms with van der Waals surface area (Å²) in [6, 6.07) is 0.635. The summed E-state index contributed by atoms with van der Waals surface area (Å²) < 4.78 is 0. The lowest BCUT2D eigenvalue weighted by Gasteiger charge is -2.42. The number of hydrogen-bond acceptors (Lipinski definition) is 2. The van der Waals surface area contributed by atoms with Gasteiger partial charge in [-0.3, -0.25) is 4.90 Å². The Labute approximate surface area is 95.4 Å². The highest BCUT2D eigenvalue weighted by atomic mass is 15.2. The highest BCUT2D eigenvalue weighted by Gasteiger charge is 2.35. The van der Waals surface area contributed by atoms with E-state index in [4.69, 9.17) is 0 Å². The number of rotatable bonds is 6. The third-order valence-electron chi connectivity index (χ3n) is 3.82. The fourth-order valence-electron chi connectivity index (χ4n) is 2.73. The van der Waals surface area contributed by atoms with Crippen LogP contribution in [0.4, 0.5) is 0 Å². The molecular weight excluding hydrogens is 184 g/mol. The Balaban J connectivity index is 2.54. The number of likely N-dealkylation sites (tertiary alicyclic amines) is 1. The minimum atomic E-state index is 0.320. The molecule has 15 heavy (non-hydrogen) atoms. The molecule has 1 aliphatic heterocycles. The number of hydrogen-bond donors (Lipinski definition) is 1. The zero-order valence-electron chi connectivity index (χ0n) is 11.0. The van der Waals surface area contributed by atoms with Gasteiger partial charge in [0.05, 0.1) is 0 Å². The fraction of sp³-hybridized carbons (Fsp3) is 1.00. The monoisotopic (exact) mass is 212 g/mol. The van der Waals surface area contributed by atoms with Crippen LogP contribution in [-0.4, -0.2) is 36.1 Å². The van der Waals surface area contributed by atoms with E-state index in [0.29, 0.717) is 11.6 Å². The van der Waals surface area contributed by atoms with E-state index in [1.165, 1.54) is 38.8 Å². The van der Waals surface area contributed by atoms with Crippen LogP contribution in [0, 0.1) is 0 Å². The van der Waals surface area contributed by atoms with Crippen molar-refractivity contribution in [2.24, 2.45) is 0 Å². The Kier molecular flexibility index (Phi) is 5.07. The molecule has 1 fully saturated rings. The molecule has 2 nitrogen and oxygen atoms in total. The molecule has 0 spiro atoms. The Hall–Kier alpha value is -0.0800. The average molecular weight is 212 g/mol. The van der Waals surface area contributed by atoms with Gasteiger partial charge in [-0.05, 0) is 59.2 Å². The molecule has 0 aromatic carbocycles. The largest absolute Gasteiger partial charge is 0.312 e. The summed E-state index contributed by atoms with van der Waals surface area (Å²) in [6.07, 6.45) is 5.22. The van der Waals surface area contributed by atoms with Gasteiger partial charge in [0.2, 0.25) is 0 Å². The van der Waals surface area contributed by atoms with Gasteiger partial charge in [0.1, 0.15) is 0 Å². The van der Waals surface area contributed by atoms with Crippen LogP contribution in [-0.2, 0) is 0 Å². The summed E-state index contributed by atoms with van der Waals surface area (Å²) in [5.74, 6) is 0. The van der Waals surface area contributed by atoms with Gasteiger partial charge in [-0.15, -0.1) is 0 Å². The molecule has 1 heterocycles. The summed E-state index contributed by atoms with van der Waals surface area (Å²) in [5, 5.41) is 3.69. The predicted octanol–water partition coefficient (Wildman–Crippen LogP) is 2.64. The van der Waals surface area contributed by atoms with Crippen LogP contribution >= 0.6 is 0 Å². The molecule has 90 valence electrons. The van der Waals surface area contributed by atoms with Crippen molar-refractivity contribution in [1.82, 2.24) is 10.2 Å². The molecule has 1 atom stereocenters. The molecule has 1 N–H and O–H groups in total. The van der Waals surface area contributed by atoms with Crippen molar-refractivity contribution in [1.29, 1.82) is 0 Å². The van der Waals surface area contributed by atoms with Gasteiger partial charge in [0.25, 0.3) is 0 Å². The van der Waals surface area contributed by atoms with Crippen molar-refractivity contribution in [2.45, 2.75) is 65.0 Å². The highest BCUT2D eigenvalue weighted by molar-refractivity contribution is 4.94. The Morgan fingerprint density at radius 2 is 1.80 bits per heavy atom. The first-order valence-corrected chi connectivity index (χ1v) is 6.61. The smallest absolute Gasteiger partial charge is 0.0306 e. The summed E-state index contributed by atoms with van der Waals surface area (Å²) in [7, 11) is 0. The molecule has 0 bridgehead atoms. The van der Waals surface area contributed by atoms with Gasteiger partial charge in [-0.25, -0.2) is 0 Å². The molecule has 1 rings (SSSR count). The van der Waals surface area contributed by atoms with E-state index in [2.05, 4.69) is 37.9 Å². The van der Waals surface area contributed by atoms with Crippen LogP contribution in [0.1, 0.15) is 53.4 Å². The summed E-state index contributed by atoms with van der Waals surface area (Å²) in [5.41, 5.74) is 0.320. The molecule has 1 saturated heterocycles. The van der Waals surface area contributed by atoms with Crippen molar-refractivity contribution < 1.29 is 0 Å². The summed E-state index contributed by atoms with van der Waals surface area (Å²) >= 11 is 0. The van der Waals surface area contributed by atoms with Crippen LogP contribution in [0.15, 0.2) is 0 Å². The molecule has 0 radical (unpaired) electrons. The van der Waals surface area contributed by atoms with E-state index in [1.807, 2.05) is 0 Å². The summed E-state index contributed by atoms with van der Waals surface area (Å²) in [6.45, 7) is 13.1. The zero-order chi connectivity index (χ0) is 11.3. The molecule has 0 saturated carbocycles. The van der Waals surface area contributed by atoms with Crippen LogP contribution in [0.25, 0.3) is 0 Å². The molecule has 2 heteroatoms. The Morgan fingerprint density at radius 1 is 1.20 bits per heavy atom. The lowest BCUT2D eigenvalue weighted by Crippen LogP contribution is -2.56. The second-order valence-corrected chi connectivity index (χ2v) is 5.26. The molecule has 1 aliphatic rings. The van der Waals surface area contributed by atoms with Crippen LogP contribution < -0.4 is 5.32 Å². The molecular formula is C13H28N2. The van der Waals surface area contributed by atoms with Crippen molar-refractivity contribution in [3.8, 4) is 0 Å². The van der Waals surface area contributed by atoms with Crippen LogP contribution in [0.5, 0.6) is 0 Å². The van der Waals surface area contributed by atoms with E-state index < -0.39 is 0 Å². The fourth-order valence-corrected chi connectivity index (χ4v) is 2.73. The maximum atomic E-state index is 3.69. The van der Waals surface area contributed by atoms with Crippen molar-refractivity contribution in [3.05, 3.63) is 0 Å². The minimum absolute atomic E-state index is 0.320. The van der Waals surface area contributed by atoms with E-state index >= 15 is 0 Å². The van der Waals surface area contributed by atoms with Gasteiger partial charge >= 0.3 is 0 Å². The zero-order valence-corrected chi connectivity index (χ0v) is 11.0. The van der Waals surface area contributed by atoms with Gasteiger partial charge in [0, 0.05) is 11.6 Å². The van der Waals surface area contributed by atoms with Gasteiger partial charge in [-0.1, -0.05) is 13.8 Å². The molecule has 0 aromatic heterocycles. The second kappa shape index (κ2) is 5.86.